The van der Waals surface area contributed by atoms with E-state index in [0.29, 0.717) is 17.0 Å². The number of benzene rings is 3. The van der Waals surface area contributed by atoms with Crippen LogP contribution in [-0.2, 0) is 11.3 Å². The maximum atomic E-state index is 12.9. The van der Waals surface area contributed by atoms with Gasteiger partial charge in [-0.05, 0) is 60.9 Å². The molecule has 194 valence electrons. The van der Waals surface area contributed by atoms with Crippen LogP contribution < -0.4 is 15.0 Å². The second-order valence-electron chi connectivity index (χ2n) is 9.84. The van der Waals surface area contributed by atoms with Crippen molar-refractivity contribution in [3.63, 3.8) is 0 Å². The minimum Gasteiger partial charge on any atom is -0.484 e. The highest BCUT2D eigenvalue weighted by Crippen LogP contribution is 2.29. The third-order valence-electron chi connectivity index (χ3n) is 6.45. The fraction of sp³-hybridized carbons (Fsp3) is 0.333. The van der Waals surface area contributed by atoms with Crippen molar-refractivity contribution in [2.75, 3.05) is 57.1 Å². The molecule has 1 aliphatic heterocycles. The number of aryl methyl sites for hydroxylation is 2. The van der Waals surface area contributed by atoms with Gasteiger partial charge in [-0.25, -0.2) is 0 Å². The van der Waals surface area contributed by atoms with E-state index >= 15 is 0 Å². The molecule has 1 heterocycles. The standard InChI is InChI=1S/C30H36N4O3/c1-22-16-23(2)18-26(17-22)37-21-29(35)31-27-19-25(30(36)32(3)4)10-11-28(27)34-14-12-33(13-15-34)20-24-8-6-5-7-9-24/h5-11,16-19H,12-15,20-21H2,1-4H3,(H,31,35). The fourth-order valence-corrected chi connectivity index (χ4v) is 4.64. The molecule has 1 fully saturated rings. The number of ether oxygens (including phenoxy) is 1. The molecular formula is C30H36N4O3. The number of rotatable bonds is 8. The number of hydrogen-bond donors (Lipinski definition) is 1. The number of anilines is 2. The lowest BCUT2D eigenvalue weighted by molar-refractivity contribution is -0.118. The predicted octanol–water partition coefficient (Wildman–Crippen LogP) is 4.34. The van der Waals surface area contributed by atoms with Crippen LogP contribution in [-0.4, -0.2) is 68.5 Å². The first-order valence-electron chi connectivity index (χ1n) is 12.7. The molecule has 4 rings (SSSR count). The summed E-state index contributed by atoms with van der Waals surface area (Å²) in [7, 11) is 3.44. The van der Waals surface area contributed by atoms with E-state index < -0.39 is 0 Å². The molecule has 3 aromatic rings. The Hall–Kier alpha value is -3.84. The van der Waals surface area contributed by atoms with Crippen LogP contribution >= 0.6 is 0 Å². The van der Waals surface area contributed by atoms with Crippen molar-refractivity contribution in [1.29, 1.82) is 0 Å². The van der Waals surface area contributed by atoms with Gasteiger partial charge in [-0.2, -0.15) is 0 Å². The van der Waals surface area contributed by atoms with E-state index in [2.05, 4.69) is 45.4 Å². The van der Waals surface area contributed by atoms with E-state index in [1.807, 2.05) is 44.2 Å². The molecule has 0 aliphatic carbocycles. The Balaban J connectivity index is 1.46. The summed E-state index contributed by atoms with van der Waals surface area (Å²) < 4.78 is 5.77. The Bertz CT molecular complexity index is 1210. The zero-order valence-corrected chi connectivity index (χ0v) is 22.2. The molecular weight excluding hydrogens is 464 g/mol. The van der Waals surface area contributed by atoms with Crippen molar-refractivity contribution in [2.24, 2.45) is 0 Å². The van der Waals surface area contributed by atoms with Crippen molar-refractivity contribution in [3.05, 3.63) is 89.0 Å². The normalized spacial score (nSPS) is 13.8. The summed E-state index contributed by atoms with van der Waals surface area (Å²) in [4.78, 5) is 31.8. The SMILES string of the molecule is Cc1cc(C)cc(OCC(=O)Nc2cc(C(=O)N(C)C)ccc2N2CCN(Cc3ccccc3)CC2)c1. The monoisotopic (exact) mass is 500 g/mol. The molecule has 3 aromatic carbocycles. The second-order valence-corrected chi connectivity index (χ2v) is 9.84. The lowest BCUT2D eigenvalue weighted by Crippen LogP contribution is -2.46. The summed E-state index contributed by atoms with van der Waals surface area (Å²) in [6, 6.07) is 21.9. The summed E-state index contributed by atoms with van der Waals surface area (Å²) in [5.41, 5.74) is 5.53. The average Bonchev–Trinajstić information content (AvgIpc) is 2.87. The smallest absolute Gasteiger partial charge is 0.262 e. The number of piperazine rings is 1. The van der Waals surface area contributed by atoms with Crippen LogP contribution in [0.15, 0.2) is 66.7 Å². The molecule has 0 bridgehead atoms. The maximum absolute atomic E-state index is 12.9. The number of hydrogen-bond acceptors (Lipinski definition) is 5. The van der Waals surface area contributed by atoms with Gasteiger partial charge in [0.2, 0.25) is 0 Å². The first kappa shape index (κ1) is 26.2. The van der Waals surface area contributed by atoms with E-state index in [-0.39, 0.29) is 18.4 Å². The topological polar surface area (TPSA) is 65.1 Å². The van der Waals surface area contributed by atoms with Gasteiger partial charge in [-0.15, -0.1) is 0 Å². The van der Waals surface area contributed by atoms with Crippen LogP contribution in [0.3, 0.4) is 0 Å². The van der Waals surface area contributed by atoms with Gasteiger partial charge in [-0.1, -0.05) is 36.4 Å². The molecule has 0 unspecified atom stereocenters. The largest absolute Gasteiger partial charge is 0.484 e. The molecule has 0 saturated carbocycles. The average molecular weight is 501 g/mol. The molecule has 0 aromatic heterocycles. The highest BCUT2D eigenvalue weighted by molar-refractivity contribution is 6.00. The number of carbonyl (C=O) groups excluding carboxylic acids is 2. The highest BCUT2D eigenvalue weighted by atomic mass is 16.5. The summed E-state index contributed by atoms with van der Waals surface area (Å²) in [5.74, 6) is 0.290. The van der Waals surface area contributed by atoms with Crippen LogP contribution in [0.4, 0.5) is 11.4 Å². The molecule has 1 N–H and O–H groups in total. The third-order valence-corrected chi connectivity index (χ3v) is 6.45. The van der Waals surface area contributed by atoms with Gasteiger partial charge in [0.1, 0.15) is 5.75 Å². The summed E-state index contributed by atoms with van der Waals surface area (Å²) in [6.45, 7) is 8.29. The van der Waals surface area contributed by atoms with Gasteiger partial charge >= 0.3 is 0 Å². The Morgan fingerprint density at radius 3 is 2.22 bits per heavy atom. The summed E-state index contributed by atoms with van der Waals surface area (Å²) >= 11 is 0. The molecule has 7 nitrogen and oxygen atoms in total. The molecule has 1 saturated heterocycles. The van der Waals surface area contributed by atoms with E-state index in [4.69, 9.17) is 4.74 Å². The predicted molar refractivity (Wildman–Crippen MR) is 148 cm³/mol. The summed E-state index contributed by atoms with van der Waals surface area (Å²) in [5, 5.41) is 3.00. The van der Waals surface area contributed by atoms with Crippen LogP contribution in [0, 0.1) is 13.8 Å². The third kappa shape index (κ3) is 7.11. The van der Waals surface area contributed by atoms with Crippen molar-refractivity contribution in [3.8, 4) is 5.75 Å². The van der Waals surface area contributed by atoms with Gasteiger partial charge < -0.3 is 19.9 Å². The maximum Gasteiger partial charge on any atom is 0.262 e. The Kier molecular flexibility index (Phi) is 8.46. The van der Waals surface area contributed by atoms with E-state index in [0.717, 1.165) is 49.5 Å². The van der Waals surface area contributed by atoms with E-state index in [1.165, 1.54) is 10.5 Å². The number of nitrogens with one attached hydrogen (secondary N) is 1. The van der Waals surface area contributed by atoms with E-state index in [1.54, 1.807) is 20.2 Å². The van der Waals surface area contributed by atoms with Crippen LogP contribution in [0.25, 0.3) is 0 Å². The Morgan fingerprint density at radius 2 is 1.57 bits per heavy atom. The molecule has 1 aliphatic rings. The highest BCUT2D eigenvalue weighted by Gasteiger charge is 2.22. The number of carbonyl (C=O) groups is 2. The fourth-order valence-electron chi connectivity index (χ4n) is 4.64. The van der Waals surface area contributed by atoms with Gasteiger partial charge in [0.05, 0.1) is 11.4 Å². The van der Waals surface area contributed by atoms with Crippen molar-refractivity contribution >= 4 is 23.2 Å². The van der Waals surface area contributed by atoms with Gasteiger partial charge in [0.25, 0.3) is 11.8 Å². The van der Waals surface area contributed by atoms with E-state index in [9.17, 15) is 9.59 Å². The minimum absolute atomic E-state index is 0.110. The first-order valence-corrected chi connectivity index (χ1v) is 12.7. The molecule has 2 amide bonds. The summed E-state index contributed by atoms with van der Waals surface area (Å²) in [6.07, 6.45) is 0. The van der Waals surface area contributed by atoms with Crippen molar-refractivity contribution < 1.29 is 14.3 Å². The lowest BCUT2D eigenvalue weighted by Gasteiger charge is -2.37. The number of nitrogens with zero attached hydrogens (tertiary/aromatic N) is 3. The quantitative estimate of drug-likeness (QED) is 0.498. The Morgan fingerprint density at radius 1 is 0.892 bits per heavy atom. The van der Waals surface area contributed by atoms with Crippen LogP contribution in [0.1, 0.15) is 27.0 Å². The molecule has 0 atom stereocenters. The van der Waals surface area contributed by atoms with Gasteiger partial charge in [0, 0.05) is 52.4 Å². The first-order chi connectivity index (χ1) is 17.8. The molecule has 7 heteroatoms. The molecule has 0 radical (unpaired) electrons. The Labute approximate surface area is 219 Å². The van der Waals surface area contributed by atoms with Gasteiger partial charge in [-0.3, -0.25) is 14.5 Å². The zero-order chi connectivity index (χ0) is 26.4. The zero-order valence-electron chi connectivity index (χ0n) is 22.2. The van der Waals surface area contributed by atoms with Crippen molar-refractivity contribution in [1.82, 2.24) is 9.80 Å². The van der Waals surface area contributed by atoms with Crippen molar-refractivity contribution in [2.45, 2.75) is 20.4 Å². The molecule has 0 spiro atoms. The van der Waals surface area contributed by atoms with Crippen LogP contribution in [0.5, 0.6) is 5.75 Å². The second kappa shape index (κ2) is 11.9. The van der Waals surface area contributed by atoms with Crippen LogP contribution in [0.2, 0.25) is 0 Å². The minimum atomic E-state index is -0.266. The molecule has 37 heavy (non-hydrogen) atoms. The lowest BCUT2D eigenvalue weighted by atomic mass is 10.1. The number of amides is 2. The van der Waals surface area contributed by atoms with Gasteiger partial charge in [0.15, 0.2) is 6.61 Å².